The summed E-state index contributed by atoms with van der Waals surface area (Å²) < 4.78 is 5.76. The van der Waals surface area contributed by atoms with Gasteiger partial charge in [-0.3, -0.25) is 0 Å². The first-order chi connectivity index (χ1) is 8.83. The molecule has 0 spiro atoms. The normalized spacial score (nSPS) is 9.78. The molecule has 90 valence electrons. The predicted octanol–water partition coefficient (Wildman–Crippen LogP) is 2.71. The lowest BCUT2D eigenvalue weighted by atomic mass is 10.1. The Labute approximate surface area is 107 Å². The summed E-state index contributed by atoms with van der Waals surface area (Å²) in [4.78, 5) is 0. The Kier molecular flexibility index (Phi) is 4.01. The molecule has 2 aromatic carbocycles. The van der Waals surface area contributed by atoms with Crippen molar-refractivity contribution in [3.63, 3.8) is 0 Å². The second-order valence-electron chi connectivity index (χ2n) is 3.95. The van der Waals surface area contributed by atoms with Gasteiger partial charge in [-0.1, -0.05) is 36.3 Å². The molecular weight excluding hydrogens is 222 g/mol. The molecule has 0 saturated heterocycles. The van der Waals surface area contributed by atoms with Crippen LogP contribution < -0.4 is 10.5 Å². The summed E-state index contributed by atoms with van der Waals surface area (Å²) in [6.07, 6.45) is 5.36. The molecule has 0 aliphatic heterocycles. The topological polar surface area (TPSA) is 35.2 Å². The summed E-state index contributed by atoms with van der Waals surface area (Å²) in [5.74, 6) is 3.38. The van der Waals surface area contributed by atoms with Gasteiger partial charge < -0.3 is 10.5 Å². The number of benzene rings is 2. The molecule has 0 heterocycles. The smallest absolute Gasteiger partial charge is 0.124 e. The lowest BCUT2D eigenvalue weighted by Gasteiger charge is -2.10. The third kappa shape index (κ3) is 2.91. The van der Waals surface area contributed by atoms with Crippen LogP contribution in [0.3, 0.4) is 0 Å². The molecule has 0 bridgehead atoms. The zero-order valence-corrected chi connectivity index (χ0v) is 10.1. The number of ether oxygens (including phenoxy) is 1. The fourth-order valence-corrected chi connectivity index (χ4v) is 1.70. The van der Waals surface area contributed by atoms with E-state index in [0.29, 0.717) is 13.2 Å². The summed E-state index contributed by atoms with van der Waals surface area (Å²) in [6.45, 7) is 0.947. The second kappa shape index (κ2) is 5.90. The molecule has 0 aliphatic rings. The molecule has 0 aromatic heterocycles. The van der Waals surface area contributed by atoms with Crippen molar-refractivity contribution in [2.75, 3.05) is 0 Å². The van der Waals surface area contributed by atoms with Crippen LogP contribution in [-0.4, -0.2) is 0 Å². The lowest BCUT2D eigenvalue weighted by molar-refractivity contribution is 0.303. The summed E-state index contributed by atoms with van der Waals surface area (Å²) in [5, 5.41) is 0. The average Bonchev–Trinajstić information content (AvgIpc) is 2.46. The summed E-state index contributed by atoms with van der Waals surface area (Å²) >= 11 is 0. The Morgan fingerprint density at radius 1 is 1.11 bits per heavy atom. The first-order valence-corrected chi connectivity index (χ1v) is 5.80. The molecule has 0 radical (unpaired) electrons. The van der Waals surface area contributed by atoms with Crippen molar-refractivity contribution < 1.29 is 4.74 Å². The summed E-state index contributed by atoms with van der Waals surface area (Å²) in [6, 6.07) is 15.6. The minimum absolute atomic E-state index is 0.416. The van der Waals surface area contributed by atoms with Crippen LogP contribution in [0.4, 0.5) is 0 Å². The van der Waals surface area contributed by atoms with Crippen molar-refractivity contribution in [3.8, 4) is 18.1 Å². The molecule has 2 aromatic rings. The Morgan fingerprint density at radius 3 is 2.56 bits per heavy atom. The van der Waals surface area contributed by atoms with E-state index in [1.54, 1.807) is 0 Å². The minimum Gasteiger partial charge on any atom is -0.489 e. The van der Waals surface area contributed by atoms with Crippen LogP contribution in [0, 0.1) is 12.3 Å². The Morgan fingerprint density at radius 2 is 1.89 bits per heavy atom. The molecule has 0 amide bonds. The van der Waals surface area contributed by atoms with Crippen LogP contribution in [0.2, 0.25) is 0 Å². The summed E-state index contributed by atoms with van der Waals surface area (Å²) in [7, 11) is 0. The van der Waals surface area contributed by atoms with Gasteiger partial charge in [-0.15, -0.1) is 6.42 Å². The SMILES string of the molecule is C#Cc1ccc(OCc2ccccc2)c(CN)c1. The van der Waals surface area contributed by atoms with Crippen LogP contribution >= 0.6 is 0 Å². The molecule has 0 saturated carbocycles. The highest BCUT2D eigenvalue weighted by Gasteiger charge is 2.03. The van der Waals surface area contributed by atoms with Gasteiger partial charge in [0, 0.05) is 17.7 Å². The number of nitrogens with two attached hydrogens (primary N) is 1. The van der Waals surface area contributed by atoms with E-state index in [-0.39, 0.29) is 0 Å². The largest absolute Gasteiger partial charge is 0.489 e. The van der Waals surface area contributed by atoms with Gasteiger partial charge in [0.2, 0.25) is 0 Å². The summed E-state index contributed by atoms with van der Waals surface area (Å²) in [5.41, 5.74) is 8.57. The van der Waals surface area contributed by atoms with Crippen LogP contribution in [0.1, 0.15) is 16.7 Å². The molecule has 0 atom stereocenters. The molecule has 0 aliphatic carbocycles. The van der Waals surface area contributed by atoms with Crippen LogP contribution in [0.25, 0.3) is 0 Å². The first-order valence-electron chi connectivity index (χ1n) is 5.80. The zero-order chi connectivity index (χ0) is 12.8. The van der Waals surface area contributed by atoms with Crippen molar-refractivity contribution in [1.29, 1.82) is 0 Å². The van der Waals surface area contributed by atoms with E-state index in [1.807, 2.05) is 48.5 Å². The van der Waals surface area contributed by atoms with E-state index >= 15 is 0 Å². The van der Waals surface area contributed by atoms with Crippen molar-refractivity contribution in [2.24, 2.45) is 5.73 Å². The minimum atomic E-state index is 0.416. The number of terminal acetylenes is 1. The highest BCUT2D eigenvalue weighted by molar-refractivity contribution is 5.43. The van der Waals surface area contributed by atoms with Crippen LogP contribution in [0.5, 0.6) is 5.75 Å². The lowest BCUT2D eigenvalue weighted by Crippen LogP contribution is -2.03. The van der Waals surface area contributed by atoms with Crippen LogP contribution in [0.15, 0.2) is 48.5 Å². The van der Waals surface area contributed by atoms with Gasteiger partial charge in [0.15, 0.2) is 0 Å². The molecular formula is C16H15NO. The van der Waals surface area contributed by atoms with E-state index in [9.17, 15) is 0 Å². The van der Waals surface area contributed by atoms with Gasteiger partial charge >= 0.3 is 0 Å². The third-order valence-electron chi connectivity index (χ3n) is 2.68. The maximum atomic E-state index is 5.76. The number of rotatable bonds is 4. The average molecular weight is 237 g/mol. The van der Waals surface area contributed by atoms with E-state index in [0.717, 1.165) is 22.4 Å². The Bertz CT molecular complexity index is 555. The molecule has 2 N–H and O–H groups in total. The van der Waals surface area contributed by atoms with Gasteiger partial charge in [-0.25, -0.2) is 0 Å². The molecule has 2 heteroatoms. The standard InChI is InChI=1S/C16H15NO/c1-2-13-8-9-16(15(10-13)11-17)18-12-14-6-4-3-5-7-14/h1,3-10H,11-12,17H2. The molecule has 2 rings (SSSR count). The van der Waals surface area contributed by atoms with E-state index in [1.165, 1.54) is 0 Å². The maximum absolute atomic E-state index is 5.76. The van der Waals surface area contributed by atoms with Gasteiger partial charge in [0.05, 0.1) is 0 Å². The van der Waals surface area contributed by atoms with Gasteiger partial charge in [0.25, 0.3) is 0 Å². The first kappa shape index (κ1) is 12.2. The van der Waals surface area contributed by atoms with Crippen LogP contribution in [-0.2, 0) is 13.2 Å². The van der Waals surface area contributed by atoms with Gasteiger partial charge in [-0.2, -0.15) is 0 Å². The third-order valence-corrected chi connectivity index (χ3v) is 2.68. The maximum Gasteiger partial charge on any atom is 0.124 e. The molecule has 0 unspecified atom stereocenters. The van der Waals surface area contributed by atoms with Crippen molar-refractivity contribution in [3.05, 3.63) is 65.2 Å². The van der Waals surface area contributed by atoms with Crippen molar-refractivity contribution in [2.45, 2.75) is 13.2 Å². The van der Waals surface area contributed by atoms with Gasteiger partial charge in [-0.05, 0) is 23.8 Å². The quantitative estimate of drug-likeness (QED) is 0.830. The fourth-order valence-electron chi connectivity index (χ4n) is 1.70. The second-order valence-corrected chi connectivity index (χ2v) is 3.95. The number of hydrogen-bond acceptors (Lipinski definition) is 2. The highest BCUT2D eigenvalue weighted by Crippen LogP contribution is 2.20. The number of hydrogen-bond donors (Lipinski definition) is 1. The highest BCUT2D eigenvalue weighted by atomic mass is 16.5. The van der Waals surface area contributed by atoms with E-state index in [4.69, 9.17) is 16.9 Å². The zero-order valence-electron chi connectivity index (χ0n) is 10.1. The Balaban J connectivity index is 2.12. The molecule has 0 fully saturated rings. The Hall–Kier alpha value is -2.24. The fraction of sp³-hybridized carbons (Fsp3) is 0.125. The van der Waals surface area contributed by atoms with E-state index < -0.39 is 0 Å². The monoisotopic (exact) mass is 237 g/mol. The molecule has 18 heavy (non-hydrogen) atoms. The van der Waals surface area contributed by atoms with Crippen molar-refractivity contribution in [1.82, 2.24) is 0 Å². The van der Waals surface area contributed by atoms with Gasteiger partial charge in [0.1, 0.15) is 12.4 Å². The van der Waals surface area contributed by atoms with E-state index in [2.05, 4.69) is 5.92 Å². The van der Waals surface area contributed by atoms with Crippen molar-refractivity contribution >= 4 is 0 Å². The molecule has 2 nitrogen and oxygen atoms in total. The predicted molar refractivity (Wildman–Crippen MR) is 73.0 cm³/mol.